The van der Waals surface area contributed by atoms with Crippen molar-refractivity contribution in [3.63, 3.8) is 0 Å². The number of halogens is 3. The average molecular weight is 558 g/mol. The van der Waals surface area contributed by atoms with Crippen LogP contribution in [0.25, 0.3) is 0 Å². The average Bonchev–Trinajstić information content (AvgIpc) is 3.05. The van der Waals surface area contributed by atoms with Crippen LogP contribution in [0, 0.1) is 5.92 Å². The van der Waals surface area contributed by atoms with Gasteiger partial charge in [0.2, 0.25) is 18.0 Å². The lowest BCUT2D eigenvalue weighted by Crippen LogP contribution is -2.48. The molecule has 2 aliphatic heterocycles. The lowest BCUT2D eigenvalue weighted by molar-refractivity contribution is -0.144. The topological polar surface area (TPSA) is 94.1 Å². The summed E-state index contributed by atoms with van der Waals surface area (Å²) in [5, 5.41) is 5.27. The Hall–Kier alpha value is -3.73. The zero-order valence-corrected chi connectivity index (χ0v) is 22.4. The first-order valence-electron chi connectivity index (χ1n) is 13.5. The molecule has 2 aromatic rings. The van der Waals surface area contributed by atoms with Gasteiger partial charge < -0.3 is 15.5 Å². The van der Waals surface area contributed by atoms with E-state index < -0.39 is 55.2 Å². The quantitative estimate of drug-likeness (QED) is 0.490. The largest absolute Gasteiger partial charge is 0.389 e. The molecule has 40 heavy (non-hydrogen) atoms. The second-order valence-corrected chi connectivity index (χ2v) is 10.2. The lowest BCUT2D eigenvalue weighted by Gasteiger charge is -2.27. The summed E-state index contributed by atoms with van der Waals surface area (Å²) >= 11 is 0. The summed E-state index contributed by atoms with van der Waals surface area (Å²) < 4.78 is 39.3. The first-order valence-corrected chi connectivity index (χ1v) is 13.5. The molecular weight excluding hydrogens is 523 g/mol. The summed E-state index contributed by atoms with van der Waals surface area (Å²) in [6.07, 6.45) is -4.96. The zero-order chi connectivity index (χ0) is 28.7. The number of amides is 3. The van der Waals surface area contributed by atoms with Crippen molar-refractivity contribution in [1.29, 1.82) is 0 Å². The molecule has 2 heterocycles. The maximum atomic E-state index is 13.4. The second-order valence-electron chi connectivity index (χ2n) is 10.2. The molecule has 8 nitrogen and oxygen atoms in total. The van der Waals surface area contributed by atoms with Gasteiger partial charge in [0, 0.05) is 36.9 Å². The first kappa shape index (κ1) is 29.3. The number of fused-ring (bicyclic) bond motifs is 1. The van der Waals surface area contributed by atoms with Crippen molar-refractivity contribution < 1.29 is 27.6 Å². The minimum atomic E-state index is -4.50. The monoisotopic (exact) mass is 557 g/mol. The Labute approximate surface area is 231 Å². The van der Waals surface area contributed by atoms with Gasteiger partial charge in [-0.15, -0.1) is 0 Å². The number of likely N-dealkylation sites (N-methyl/N-ethyl adjacent to an activating group) is 1. The number of aliphatic imine (C=N–C) groups is 1. The summed E-state index contributed by atoms with van der Waals surface area (Å²) in [4.78, 5) is 47.4. The summed E-state index contributed by atoms with van der Waals surface area (Å²) in [7, 11) is 1.55. The summed E-state index contributed by atoms with van der Waals surface area (Å²) in [6.45, 7) is 1.95. The number of alkyl halides is 3. The number of hydrogen-bond donors (Lipinski definition) is 2. The van der Waals surface area contributed by atoms with Gasteiger partial charge in [0.25, 0.3) is 5.91 Å². The van der Waals surface area contributed by atoms with E-state index in [4.69, 9.17) is 0 Å². The SMILES string of the molecule is CN1C(=O)[C@@H](NC(=O)[C@H](CCC(F)(F)F)CC(=O)NCN2CCCCC2)N=C(c2ccccc2)c2ccccc21. The Balaban J connectivity index is 1.54. The Morgan fingerprint density at radius 3 is 2.40 bits per heavy atom. The minimum absolute atomic E-state index is 0.279. The van der Waals surface area contributed by atoms with Crippen LogP contribution in [0.3, 0.4) is 0 Å². The van der Waals surface area contributed by atoms with Gasteiger partial charge in [-0.25, -0.2) is 4.99 Å². The molecule has 2 N–H and O–H groups in total. The van der Waals surface area contributed by atoms with E-state index >= 15 is 0 Å². The van der Waals surface area contributed by atoms with E-state index in [1.165, 1.54) is 4.90 Å². The number of likely N-dealkylation sites (tertiary alicyclic amines) is 1. The Kier molecular flexibility index (Phi) is 9.57. The third kappa shape index (κ3) is 7.68. The highest BCUT2D eigenvalue weighted by molar-refractivity contribution is 6.20. The molecular formula is C29H34F3N5O3. The molecule has 0 spiro atoms. The standard InChI is InChI=1S/C29H34F3N5O3/c1-36-23-13-7-6-12-22(23)25(20-10-4-2-5-11-20)34-26(28(36)40)35-27(39)21(14-15-29(30,31)32)18-24(38)33-19-37-16-8-3-9-17-37/h2,4-7,10-13,21,26H,3,8-9,14-19H2,1H3,(H,33,38)(H,35,39)/t21-,26-/m1/s1. The van der Waals surface area contributed by atoms with Crippen LogP contribution in [-0.2, 0) is 14.4 Å². The van der Waals surface area contributed by atoms with E-state index in [-0.39, 0.29) is 6.67 Å². The number of benzodiazepines with no additional fused rings is 1. The van der Waals surface area contributed by atoms with Gasteiger partial charge in [-0.1, -0.05) is 55.0 Å². The predicted octanol–water partition coefficient (Wildman–Crippen LogP) is 3.85. The van der Waals surface area contributed by atoms with Crippen LogP contribution in [-0.4, -0.2) is 67.5 Å². The number of rotatable bonds is 9. The molecule has 2 aliphatic rings. The fourth-order valence-corrected chi connectivity index (χ4v) is 4.97. The number of anilines is 1. The number of para-hydroxylation sites is 1. The van der Waals surface area contributed by atoms with Crippen LogP contribution in [0.15, 0.2) is 59.6 Å². The number of nitrogens with one attached hydrogen (secondary N) is 2. The Bertz CT molecular complexity index is 1230. The molecule has 4 rings (SSSR count). The molecule has 0 aliphatic carbocycles. The third-order valence-corrected chi connectivity index (χ3v) is 7.20. The van der Waals surface area contributed by atoms with E-state index in [1.54, 1.807) is 19.2 Å². The van der Waals surface area contributed by atoms with Gasteiger partial charge in [-0.2, -0.15) is 13.2 Å². The number of nitrogens with zero attached hydrogens (tertiary/aromatic N) is 3. The third-order valence-electron chi connectivity index (χ3n) is 7.20. The molecule has 11 heteroatoms. The van der Waals surface area contributed by atoms with E-state index in [9.17, 15) is 27.6 Å². The smallest absolute Gasteiger partial charge is 0.343 e. The van der Waals surface area contributed by atoms with Gasteiger partial charge in [-0.3, -0.25) is 19.3 Å². The van der Waals surface area contributed by atoms with Crippen molar-refractivity contribution in [3.8, 4) is 0 Å². The van der Waals surface area contributed by atoms with E-state index in [2.05, 4.69) is 20.5 Å². The maximum Gasteiger partial charge on any atom is 0.389 e. The Morgan fingerprint density at radius 2 is 1.70 bits per heavy atom. The summed E-state index contributed by atoms with van der Waals surface area (Å²) in [5.74, 6) is -3.18. The molecule has 2 aromatic carbocycles. The summed E-state index contributed by atoms with van der Waals surface area (Å²) in [6, 6.07) is 16.3. The number of carbonyl (C=O) groups excluding carboxylic acids is 3. The summed E-state index contributed by atoms with van der Waals surface area (Å²) in [5.41, 5.74) is 2.43. The number of benzene rings is 2. The van der Waals surface area contributed by atoms with Crippen molar-refractivity contribution >= 4 is 29.1 Å². The molecule has 0 aromatic heterocycles. The van der Waals surface area contributed by atoms with Gasteiger partial charge >= 0.3 is 6.18 Å². The van der Waals surface area contributed by atoms with Crippen LogP contribution < -0.4 is 15.5 Å². The number of piperidine rings is 1. The van der Waals surface area contributed by atoms with Crippen molar-refractivity contribution in [3.05, 3.63) is 65.7 Å². The van der Waals surface area contributed by atoms with Crippen LogP contribution in [0.1, 0.15) is 49.7 Å². The van der Waals surface area contributed by atoms with Crippen molar-refractivity contribution in [2.45, 2.75) is 50.9 Å². The molecule has 0 bridgehead atoms. The fourth-order valence-electron chi connectivity index (χ4n) is 4.97. The molecule has 214 valence electrons. The van der Waals surface area contributed by atoms with Crippen LogP contribution >= 0.6 is 0 Å². The first-order chi connectivity index (χ1) is 19.1. The van der Waals surface area contributed by atoms with Crippen LogP contribution in [0.4, 0.5) is 18.9 Å². The minimum Gasteiger partial charge on any atom is -0.343 e. The van der Waals surface area contributed by atoms with E-state index in [0.29, 0.717) is 22.5 Å². The van der Waals surface area contributed by atoms with Crippen molar-refractivity contribution in [2.75, 3.05) is 31.7 Å². The molecule has 0 unspecified atom stereocenters. The highest BCUT2D eigenvalue weighted by atomic mass is 19.4. The number of carbonyl (C=O) groups is 3. The van der Waals surface area contributed by atoms with Gasteiger partial charge in [0.05, 0.1) is 18.1 Å². The van der Waals surface area contributed by atoms with Crippen molar-refractivity contribution in [2.24, 2.45) is 10.9 Å². The van der Waals surface area contributed by atoms with Crippen LogP contribution in [0.2, 0.25) is 0 Å². The van der Waals surface area contributed by atoms with Gasteiger partial charge in [0.15, 0.2) is 0 Å². The van der Waals surface area contributed by atoms with E-state index in [1.807, 2.05) is 42.5 Å². The second kappa shape index (κ2) is 13.1. The highest BCUT2D eigenvalue weighted by Gasteiger charge is 2.35. The normalized spacial score (nSPS) is 18.8. The number of hydrogen-bond acceptors (Lipinski definition) is 5. The molecule has 3 amide bonds. The molecule has 1 fully saturated rings. The van der Waals surface area contributed by atoms with Gasteiger partial charge in [0.1, 0.15) is 0 Å². The van der Waals surface area contributed by atoms with Gasteiger partial charge in [-0.05, 0) is 38.4 Å². The fraction of sp³-hybridized carbons (Fsp3) is 0.448. The predicted molar refractivity (Wildman–Crippen MR) is 146 cm³/mol. The molecule has 2 atom stereocenters. The highest BCUT2D eigenvalue weighted by Crippen LogP contribution is 2.28. The Morgan fingerprint density at radius 1 is 1.02 bits per heavy atom. The van der Waals surface area contributed by atoms with Crippen molar-refractivity contribution in [1.82, 2.24) is 15.5 Å². The zero-order valence-electron chi connectivity index (χ0n) is 22.4. The molecule has 0 radical (unpaired) electrons. The molecule has 1 saturated heterocycles. The van der Waals surface area contributed by atoms with Crippen LogP contribution in [0.5, 0.6) is 0 Å². The lowest BCUT2D eigenvalue weighted by atomic mass is 9.97. The molecule has 0 saturated carbocycles. The maximum absolute atomic E-state index is 13.4. The van der Waals surface area contributed by atoms with E-state index in [0.717, 1.165) is 32.4 Å².